The molecule has 3 N–H and O–H groups in total. The van der Waals surface area contributed by atoms with Gasteiger partial charge in [-0.25, -0.2) is 0 Å². The van der Waals surface area contributed by atoms with Gasteiger partial charge < -0.3 is 24.8 Å². The predicted octanol–water partition coefficient (Wildman–Crippen LogP) is -1.54. The number of rotatable bonds is 2. The van der Waals surface area contributed by atoms with Gasteiger partial charge in [-0.15, -0.1) is 0 Å². The van der Waals surface area contributed by atoms with Crippen LogP contribution in [0.4, 0.5) is 0 Å². The van der Waals surface area contributed by atoms with Crippen LogP contribution in [0, 0.1) is 0 Å². The summed E-state index contributed by atoms with van der Waals surface area (Å²) in [7, 11) is 1.37. The minimum Gasteiger partial charge on any atom is -0.391 e. The van der Waals surface area contributed by atoms with Crippen LogP contribution in [0.2, 0.25) is 0 Å². The van der Waals surface area contributed by atoms with E-state index in [-0.39, 0.29) is 0 Å². The van der Waals surface area contributed by atoms with Crippen LogP contribution >= 0.6 is 0 Å². The van der Waals surface area contributed by atoms with E-state index in [0.29, 0.717) is 0 Å². The smallest absolute Gasteiger partial charge is 0.184 e. The van der Waals surface area contributed by atoms with Gasteiger partial charge in [0.25, 0.3) is 0 Å². The van der Waals surface area contributed by atoms with E-state index in [0.717, 1.165) is 0 Å². The first-order valence-corrected chi connectivity index (χ1v) is 3.80. The van der Waals surface area contributed by atoms with E-state index in [1.807, 2.05) is 0 Å². The average molecular weight is 178 g/mol. The number of aliphatic hydroxyl groups is 3. The standard InChI is InChI=1S/C7H14O5/c1-3(8)5-4(9)6(11-2)7(10)12-5/h3-10H,1-2H3/t3-,4+,5-,6+,7+/m0/s1. The topological polar surface area (TPSA) is 79.2 Å². The largest absolute Gasteiger partial charge is 0.391 e. The summed E-state index contributed by atoms with van der Waals surface area (Å²) in [6.07, 6.45) is -4.51. The van der Waals surface area contributed by atoms with Gasteiger partial charge in [0.15, 0.2) is 6.29 Å². The molecule has 1 aliphatic rings. The summed E-state index contributed by atoms with van der Waals surface area (Å²) < 4.78 is 9.65. The second-order valence-electron chi connectivity index (χ2n) is 2.92. The lowest BCUT2D eigenvalue weighted by atomic mass is 10.1. The Hall–Kier alpha value is -0.200. The summed E-state index contributed by atoms with van der Waals surface area (Å²) in [5.74, 6) is 0. The van der Waals surface area contributed by atoms with Gasteiger partial charge >= 0.3 is 0 Å². The molecule has 12 heavy (non-hydrogen) atoms. The van der Waals surface area contributed by atoms with Gasteiger partial charge in [-0.1, -0.05) is 0 Å². The van der Waals surface area contributed by atoms with Gasteiger partial charge in [0, 0.05) is 7.11 Å². The summed E-state index contributed by atoms with van der Waals surface area (Å²) in [5, 5.41) is 27.7. The van der Waals surface area contributed by atoms with Crippen molar-refractivity contribution < 1.29 is 24.8 Å². The Morgan fingerprint density at radius 1 is 1.42 bits per heavy atom. The lowest BCUT2D eigenvalue weighted by molar-refractivity contribution is -0.148. The SMILES string of the molecule is CO[C@@H]1[C@H](O)[C@H]([C@H](C)O)O[C@H]1O. The number of methoxy groups -OCH3 is 1. The van der Waals surface area contributed by atoms with Crippen LogP contribution < -0.4 is 0 Å². The molecule has 0 bridgehead atoms. The molecule has 5 nitrogen and oxygen atoms in total. The maximum atomic E-state index is 9.42. The molecule has 0 aromatic rings. The maximum absolute atomic E-state index is 9.42. The van der Waals surface area contributed by atoms with Crippen molar-refractivity contribution in [2.45, 2.75) is 37.6 Å². The zero-order valence-electron chi connectivity index (χ0n) is 7.04. The van der Waals surface area contributed by atoms with Crippen LogP contribution in [0.5, 0.6) is 0 Å². The van der Waals surface area contributed by atoms with E-state index in [2.05, 4.69) is 0 Å². The minimum absolute atomic E-state index is 0.773. The first kappa shape index (κ1) is 9.88. The van der Waals surface area contributed by atoms with Gasteiger partial charge in [-0.2, -0.15) is 0 Å². The summed E-state index contributed by atoms with van der Waals surface area (Å²) in [4.78, 5) is 0. The Labute approximate surface area is 70.5 Å². The van der Waals surface area contributed by atoms with Crippen LogP contribution in [-0.4, -0.2) is 53.1 Å². The fourth-order valence-corrected chi connectivity index (χ4v) is 1.33. The van der Waals surface area contributed by atoms with Gasteiger partial charge in [0.05, 0.1) is 6.10 Å². The zero-order valence-corrected chi connectivity index (χ0v) is 7.04. The van der Waals surface area contributed by atoms with Gasteiger partial charge in [-0.05, 0) is 6.92 Å². The third kappa shape index (κ3) is 1.60. The van der Waals surface area contributed by atoms with E-state index in [9.17, 15) is 5.11 Å². The van der Waals surface area contributed by atoms with Gasteiger partial charge in [0.1, 0.15) is 18.3 Å². The zero-order chi connectivity index (χ0) is 9.30. The quantitative estimate of drug-likeness (QED) is 0.477. The molecule has 1 rings (SSSR count). The summed E-state index contributed by atoms with van der Waals surface area (Å²) in [6.45, 7) is 1.48. The molecular formula is C7H14O5. The van der Waals surface area contributed by atoms with Crippen molar-refractivity contribution in [1.29, 1.82) is 0 Å². The summed E-state index contributed by atoms with van der Waals surface area (Å²) in [5.41, 5.74) is 0. The Kier molecular flexibility index (Phi) is 3.03. The average Bonchev–Trinajstić information content (AvgIpc) is 2.27. The van der Waals surface area contributed by atoms with Crippen LogP contribution in [0.3, 0.4) is 0 Å². The van der Waals surface area contributed by atoms with Crippen molar-refractivity contribution in [1.82, 2.24) is 0 Å². The van der Waals surface area contributed by atoms with E-state index < -0.39 is 30.7 Å². The van der Waals surface area contributed by atoms with E-state index in [1.54, 1.807) is 0 Å². The predicted molar refractivity (Wildman–Crippen MR) is 39.4 cm³/mol. The summed E-state index contributed by atoms with van der Waals surface area (Å²) >= 11 is 0. The molecule has 1 fully saturated rings. The number of hydrogen-bond donors (Lipinski definition) is 3. The molecule has 5 heteroatoms. The van der Waals surface area contributed by atoms with Crippen molar-refractivity contribution >= 4 is 0 Å². The Bertz CT molecular complexity index is 149. The molecule has 0 aromatic carbocycles. The highest BCUT2D eigenvalue weighted by atomic mass is 16.7. The van der Waals surface area contributed by atoms with Crippen molar-refractivity contribution in [2.75, 3.05) is 7.11 Å². The van der Waals surface area contributed by atoms with Crippen LogP contribution in [-0.2, 0) is 9.47 Å². The minimum atomic E-state index is -1.16. The molecule has 5 atom stereocenters. The molecule has 1 heterocycles. The molecule has 0 aliphatic carbocycles. The maximum Gasteiger partial charge on any atom is 0.184 e. The third-order valence-electron chi connectivity index (χ3n) is 2.00. The molecule has 0 unspecified atom stereocenters. The first-order chi connectivity index (χ1) is 5.57. The highest BCUT2D eigenvalue weighted by Gasteiger charge is 2.45. The monoisotopic (exact) mass is 178 g/mol. The number of ether oxygens (including phenoxy) is 2. The molecular weight excluding hydrogens is 164 g/mol. The third-order valence-corrected chi connectivity index (χ3v) is 2.00. The van der Waals surface area contributed by atoms with Crippen molar-refractivity contribution in [3.8, 4) is 0 Å². The Morgan fingerprint density at radius 2 is 2.00 bits per heavy atom. The van der Waals surface area contributed by atoms with E-state index >= 15 is 0 Å². The van der Waals surface area contributed by atoms with Crippen molar-refractivity contribution in [3.05, 3.63) is 0 Å². The normalized spacial score (nSPS) is 44.8. The fourth-order valence-electron chi connectivity index (χ4n) is 1.33. The van der Waals surface area contributed by atoms with Gasteiger partial charge in [-0.3, -0.25) is 0 Å². The van der Waals surface area contributed by atoms with E-state index in [1.165, 1.54) is 14.0 Å². The number of hydrogen-bond acceptors (Lipinski definition) is 5. The molecule has 1 aliphatic heterocycles. The van der Waals surface area contributed by atoms with Crippen LogP contribution in [0.1, 0.15) is 6.92 Å². The molecule has 72 valence electrons. The Morgan fingerprint density at radius 3 is 2.25 bits per heavy atom. The number of aliphatic hydroxyl groups excluding tert-OH is 3. The van der Waals surface area contributed by atoms with Crippen molar-refractivity contribution in [2.24, 2.45) is 0 Å². The molecule has 0 spiro atoms. The van der Waals surface area contributed by atoms with Crippen LogP contribution in [0.25, 0.3) is 0 Å². The van der Waals surface area contributed by atoms with Crippen molar-refractivity contribution in [3.63, 3.8) is 0 Å². The second-order valence-corrected chi connectivity index (χ2v) is 2.92. The first-order valence-electron chi connectivity index (χ1n) is 3.80. The highest BCUT2D eigenvalue weighted by Crippen LogP contribution is 2.23. The van der Waals surface area contributed by atoms with E-state index in [4.69, 9.17) is 19.7 Å². The Balaban J connectivity index is 2.62. The molecule has 0 amide bonds. The molecule has 0 radical (unpaired) electrons. The lowest BCUT2D eigenvalue weighted by Gasteiger charge is -2.17. The molecule has 0 aromatic heterocycles. The van der Waals surface area contributed by atoms with Gasteiger partial charge in [0.2, 0.25) is 0 Å². The second kappa shape index (κ2) is 3.68. The highest BCUT2D eigenvalue weighted by molar-refractivity contribution is 4.89. The lowest BCUT2D eigenvalue weighted by Crippen LogP contribution is -2.38. The summed E-state index contributed by atoms with van der Waals surface area (Å²) in [6, 6.07) is 0. The fraction of sp³-hybridized carbons (Fsp3) is 1.00. The molecule has 0 saturated carbocycles. The molecule has 1 saturated heterocycles. The van der Waals surface area contributed by atoms with Crippen LogP contribution in [0.15, 0.2) is 0 Å².